The highest BCUT2D eigenvalue weighted by Crippen LogP contribution is 2.36. The summed E-state index contributed by atoms with van der Waals surface area (Å²) in [6, 6.07) is 6.21. The molecule has 1 aromatic carbocycles. The molecule has 0 aromatic heterocycles. The molecule has 108 valence electrons. The number of rotatable bonds is 2. The molecule has 1 fully saturated rings. The Labute approximate surface area is 119 Å². The van der Waals surface area contributed by atoms with Crippen LogP contribution in [0.2, 0.25) is 0 Å². The first-order valence-corrected chi connectivity index (χ1v) is 7.08. The van der Waals surface area contributed by atoms with Crippen LogP contribution in [0.5, 0.6) is 5.75 Å². The van der Waals surface area contributed by atoms with Crippen LogP contribution >= 0.6 is 0 Å². The minimum atomic E-state index is 0.0200. The van der Waals surface area contributed by atoms with Crippen LogP contribution in [-0.4, -0.2) is 44.9 Å². The Hall–Kier alpha value is -1.75. The number of carbonyl (C=O) groups is 1. The Morgan fingerprint density at radius 1 is 1.20 bits per heavy atom. The highest BCUT2D eigenvalue weighted by atomic mass is 16.5. The number of morpholine rings is 1. The SMILES string of the molecule is CC(C)N1C(=O)COc2cc(N3CCOCC3)ccc21. The number of nitrogens with zero attached hydrogens (tertiary/aromatic N) is 2. The predicted octanol–water partition coefficient (Wildman–Crippen LogP) is 1.66. The van der Waals surface area contributed by atoms with Crippen LogP contribution < -0.4 is 14.5 Å². The molecule has 2 heterocycles. The Bertz CT molecular complexity index is 510. The maximum Gasteiger partial charge on any atom is 0.265 e. The average Bonchev–Trinajstić information content (AvgIpc) is 2.47. The van der Waals surface area contributed by atoms with Gasteiger partial charge in [-0.3, -0.25) is 4.79 Å². The molecule has 1 amide bonds. The van der Waals surface area contributed by atoms with E-state index >= 15 is 0 Å². The average molecular weight is 276 g/mol. The Balaban J connectivity index is 1.91. The zero-order valence-corrected chi connectivity index (χ0v) is 12.0. The summed E-state index contributed by atoms with van der Waals surface area (Å²) in [5.41, 5.74) is 2.00. The Morgan fingerprint density at radius 3 is 2.65 bits per heavy atom. The Kier molecular flexibility index (Phi) is 3.53. The summed E-state index contributed by atoms with van der Waals surface area (Å²) in [6.45, 7) is 7.46. The number of hydrogen-bond donors (Lipinski definition) is 0. The second kappa shape index (κ2) is 5.32. The largest absolute Gasteiger partial charge is 0.481 e. The molecule has 0 unspecified atom stereocenters. The predicted molar refractivity (Wildman–Crippen MR) is 77.6 cm³/mol. The fourth-order valence-electron chi connectivity index (χ4n) is 2.75. The lowest BCUT2D eigenvalue weighted by Gasteiger charge is -2.34. The summed E-state index contributed by atoms with van der Waals surface area (Å²) in [7, 11) is 0. The minimum Gasteiger partial charge on any atom is -0.481 e. The van der Waals surface area contributed by atoms with Crippen LogP contribution in [-0.2, 0) is 9.53 Å². The highest BCUT2D eigenvalue weighted by Gasteiger charge is 2.28. The van der Waals surface area contributed by atoms with E-state index in [0.29, 0.717) is 0 Å². The van der Waals surface area contributed by atoms with Gasteiger partial charge >= 0.3 is 0 Å². The van der Waals surface area contributed by atoms with Gasteiger partial charge in [0.1, 0.15) is 5.75 Å². The van der Waals surface area contributed by atoms with Crippen molar-refractivity contribution in [2.75, 3.05) is 42.7 Å². The van der Waals surface area contributed by atoms with Crippen molar-refractivity contribution < 1.29 is 14.3 Å². The monoisotopic (exact) mass is 276 g/mol. The van der Waals surface area contributed by atoms with Gasteiger partial charge < -0.3 is 19.3 Å². The first-order valence-electron chi connectivity index (χ1n) is 7.08. The molecule has 5 nitrogen and oxygen atoms in total. The van der Waals surface area contributed by atoms with Gasteiger partial charge in [-0.2, -0.15) is 0 Å². The second-order valence-corrected chi connectivity index (χ2v) is 5.40. The summed E-state index contributed by atoms with van der Waals surface area (Å²) >= 11 is 0. The number of benzene rings is 1. The molecule has 2 aliphatic heterocycles. The molecule has 2 aliphatic rings. The first-order chi connectivity index (χ1) is 9.66. The van der Waals surface area contributed by atoms with Crippen molar-refractivity contribution in [3.05, 3.63) is 18.2 Å². The molecule has 0 atom stereocenters. The molecule has 0 aliphatic carbocycles. The van der Waals surface area contributed by atoms with E-state index in [9.17, 15) is 4.79 Å². The maximum atomic E-state index is 12.0. The summed E-state index contributed by atoms with van der Waals surface area (Å²) in [4.78, 5) is 16.0. The highest BCUT2D eigenvalue weighted by molar-refractivity contribution is 5.98. The zero-order chi connectivity index (χ0) is 14.1. The van der Waals surface area contributed by atoms with Gasteiger partial charge in [-0.25, -0.2) is 0 Å². The van der Waals surface area contributed by atoms with E-state index in [1.54, 1.807) is 0 Å². The van der Waals surface area contributed by atoms with E-state index in [-0.39, 0.29) is 18.6 Å². The van der Waals surface area contributed by atoms with Crippen molar-refractivity contribution in [1.82, 2.24) is 0 Å². The lowest BCUT2D eigenvalue weighted by atomic mass is 10.1. The van der Waals surface area contributed by atoms with Gasteiger partial charge in [0.25, 0.3) is 5.91 Å². The van der Waals surface area contributed by atoms with Crippen LogP contribution in [0, 0.1) is 0 Å². The first kappa shape index (κ1) is 13.2. The fraction of sp³-hybridized carbons (Fsp3) is 0.533. The number of fused-ring (bicyclic) bond motifs is 1. The Morgan fingerprint density at radius 2 is 1.95 bits per heavy atom. The number of amides is 1. The minimum absolute atomic E-state index is 0.0200. The van der Waals surface area contributed by atoms with E-state index < -0.39 is 0 Å². The smallest absolute Gasteiger partial charge is 0.265 e. The quantitative estimate of drug-likeness (QED) is 0.824. The van der Waals surface area contributed by atoms with Crippen LogP contribution in [0.4, 0.5) is 11.4 Å². The van der Waals surface area contributed by atoms with Crippen molar-refractivity contribution >= 4 is 17.3 Å². The van der Waals surface area contributed by atoms with Crippen molar-refractivity contribution in [3.63, 3.8) is 0 Å². The molecule has 1 saturated heterocycles. The number of hydrogen-bond acceptors (Lipinski definition) is 4. The molecule has 3 rings (SSSR count). The van der Waals surface area contributed by atoms with Crippen LogP contribution in [0.3, 0.4) is 0 Å². The lowest BCUT2D eigenvalue weighted by Crippen LogP contribution is -2.43. The van der Waals surface area contributed by atoms with Gasteiger partial charge in [-0.1, -0.05) is 0 Å². The summed E-state index contributed by atoms with van der Waals surface area (Å²) in [5, 5.41) is 0. The van der Waals surface area contributed by atoms with Gasteiger partial charge in [0.05, 0.1) is 18.9 Å². The number of carbonyl (C=O) groups excluding carboxylic acids is 1. The third kappa shape index (κ3) is 2.33. The van der Waals surface area contributed by atoms with Crippen LogP contribution in [0.25, 0.3) is 0 Å². The number of anilines is 2. The van der Waals surface area contributed by atoms with Crippen LogP contribution in [0.1, 0.15) is 13.8 Å². The van der Waals surface area contributed by atoms with E-state index in [2.05, 4.69) is 11.0 Å². The molecule has 20 heavy (non-hydrogen) atoms. The zero-order valence-electron chi connectivity index (χ0n) is 12.0. The molecule has 0 saturated carbocycles. The number of ether oxygens (including phenoxy) is 2. The van der Waals surface area contributed by atoms with Gasteiger partial charge in [-0.15, -0.1) is 0 Å². The molecule has 0 radical (unpaired) electrons. The molecular formula is C15H20N2O3. The normalized spacial score (nSPS) is 19.1. The third-order valence-corrected chi connectivity index (χ3v) is 3.72. The molecule has 1 aromatic rings. The van der Waals surface area contributed by atoms with Gasteiger partial charge in [-0.05, 0) is 26.0 Å². The van der Waals surface area contributed by atoms with E-state index in [4.69, 9.17) is 9.47 Å². The second-order valence-electron chi connectivity index (χ2n) is 5.40. The molecule has 0 spiro atoms. The summed E-state index contributed by atoms with van der Waals surface area (Å²) in [5.74, 6) is 0.814. The van der Waals surface area contributed by atoms with E-state index in [0.717, 1.165) is 43.4 Å². The van der Waals surface area contributed by atoms with E-state index in [1.807, 2.05) is 30.9 Å². The van der Waals surface area contributed by atoms with Gasteiger partial charge in [0.15, 0.2) is 6.61 Å². The van der Waals surface area contributed by atoms with Crippen molar-refractivity contribution in [2.45, 2.75) is 19.9 Å². The van der Waals surface area contributed by atoms with Crippen molar-refractivity contribution in [3.8, 4) is 5.75 Å². The van der Waals surface area contributed by atoms with Crippen LogP contribution in [0.15, 0.2) is 18.2 Å². The standard InChI is InChI=1S/C15H20N2O3/c1-11(2)17-13-4-3-12(16-5-7-19-8-6-16)9-14(13)20-10-15(17)18/h3-4,9,11H,5-8,10H2,1-2H3. The molecule has 0 bridgehead atoms. The molecular weight excluding hydrogens is 256 g/mol. The third-order valence-electron chi connectivity index (χ3n) is 3.72. The lowest BCUT2D eigenvalue weighted by molar-refractivity contribution is -0.121. The molecule has 0 N–H and O–H groups in total. The summed E-state index contributed by atoms with van der Waals surface area (Å²) in [6.07, 6.45) is 0. The van der Waals surface area contributed by atoms with Gasteiger partial charge in [0, 0.05) is 30.9 Å². The topological polar surface area (TPSA) is 42.0 Å². The van der Waals surface area contributed by atoms with Gasteiger partial charge in [0.2, 0.25) is 0 Å². The van der Waals surface area contributed by atoms with E-state index in [1.165, 1.54) is 0 Å². The van der Waals surface area contributed by atoms with Crippen molar-refractivity contribution in [1.29, 1.82) is 0 Å². The van der Waals surface area contributed by atoms with Crippen molar-refractivity contribution in [2.24, 2.45) is 0 Å². The summed E-state index contributed by atoms with van der Waals surface area (Å²) < 4.78 is 11.0. The molecule has 5 heteroatoms. The fourth-order valence-corrected chi connectivity index (χ4v) is 2.75. The maximum absolute atomic E-state index is 12.0.